The highest BCUT2D eigenvalue weighted by atomic mass is 19.2. The van der Waals surface area contributed by atoms with Crippen LogP contribution in [0.4, 0.5) is 25.0 Å². The lowest BCUT2D eigenvalue weighted by Gasteiger charge is -2.36. The zero-order chi connectivity index (χ0) is 20.2. The highest BCUT2D eigenvalue weighted by molar-refractivity contribution is 5.89. The Morgan fingerprint density at radius 2 is 1.55 bits per heavy atom. The van der Waals surface area contributed by atoms with Gasteiger partial charge in [-0.2, -0.15) is 0 Å². The summed E-state index contributed by atoms with van der Waals surface area (Å²) in [5, 5.41) is 2.90. The maximum atomic E-state index is 14.1. The Kier molecular flexibility index (Phi) is 5.42. The van der Waals surface area contributed by atoms with E-state index in [1.54, 1.807) is 17.0 Å². The standard InChI is InChI=1S/C23H21F2N3O/c24-21-11-5-10-20(22(21)25)17-6-4-9-19(16-17)27-12-14-28(15-13-27)23(29)26-18-7-2-1-3-8-18/h1-11,16H,12-15H2,(H,26,29). The molecule has 4 rings (SSSR count). The van der Waals surface area contributed by atoms with Crippen LogP contribution < -0.4 is 10.2 Å². The van der Waals surface area contributed by atoms with Gasteiger partial charge in [0.1, 0.15) is 0 Å². The number of hydrogen-bond donors (Lipinski definition) is 1. The smallest absolute Gasteiger partial charge is 0.321 e. The van der Waals surface area contributed by atoms with E-state index in [4.69, 9.17) is 0 Å². The summed E-state index contributed by atoms with van der Waals surface area (Å²) in [5.74, 6) is -1.70. The molecule has 0 aromatic heterocycles. The molecule has 148 valence electrons. The van der Waals surface area contributed by atoms with Crippen molar-refractivity contribution < 1.29 is 13.6 Å². The van der Waals surface area contributed by atoms with Crippen LogP contribution in [0.3, 0.4) is 0 Å². The molecule has 1 N–H and O–H groups in total. The van der Waals surface area contributed by atoms with Crippen molar-refractivity contribution in [2.45, 2.75) is 0 Å². The summed E-state index contributed by atoms with van der Waals surface area (Å²) in [4.78, 5) is 16.4. The van der Waals surface area contributed by atoms with Crippen molar-refractivity contribution in [3.8, 4) is 11.1 Å². The first kappa shape index (κ1) is 18.9. The van der Waals surface area contributed by atoms with Crippen LogP contribution in [0.25, 0.3) is 11.1 Å². The molecule has 6 heteroatoms. The number of carbonyl (C=O) groups is 1. The minimum atomic E-state index is -0.856. The molecule has 0 unspecified atom stereocenters. The van der Waals surface area contributed by atoms with Gasteiger partial charge in [-0.3, -0.25) is 0 Å². The summed E-state index contributed by atoms with van der Waals surface area (Å²) >= 11 is 0. The van der Waals surface area contributed by atoms with Gasteiger partial charge in [0.2, 0.25) is 0 Å². The van der Waals surface area contributed by atoms with Gasteiger partial charge in [-0.05, 0) is 35.9 Å². The third-order valence-corrected chi connectivity index (χ3v) is 5.07. The maximum absolute atomic E-state index is 14.1. The zero-order valence-corrected chi connectivity index (χ0v) is 15.8. The van der Waals surface area contributed by atoms with Crippen LogP contribution in [0.2, 0.25) is 0 Å². The Balaban J connectivity index is 1.42. The molecule has 0 atom stereocenters. The second-order valence-corrected chi connectivity index (χ2v) is 6.92. The van der Waals surface area contributed by atoms with Gasteiger partial charge in [0, 0.05) is 43.1 Å². The number of amides is 2. The Labute approximate surface area is 168 Å². The molecule has 2 amide bonds. The number of nitrogens with zero attached hydrogens (tertiary/aromatic N) is 2. The van der Waals surface area contributed by atoms with Gasteiger partial charge in [-0.25, -0.2) is 13.6 Å². The predicted octanol–water partition coefficient (Wildman–Crippen LogP) is 4.99. The number of nitrogens with one attached hydrogen (secondary N) is 1. The predicted molar refractivity (Wildman–Crippen MR) is 111 cm³/mol. The number of hydrogen-bond acceptors (Lipinski definition) is 2. The van der Waals surface area contributed by atoms with E-state index in [0.29, 0.717) is 31.7 Å². The van der Waals surface area contributed by atoms with Crippen LogP contribution in [-0.2, 0) is 0 Å². The van der Waals surface area contributed by atoms with Gasteiger partial charge in [-0.1, -0.05) is 42.5 Å². The van der Waals surface area contributed by atoms with Crippen molar-refractivity contribution in [2.24, 2.45) is 0 Å². The Hall–Kier alpha value is -3.41. The molecule has 29 heavy (non-hydrogen) atoms. The first-order valence-corrected chi connectivity index (χ1v) is 9.52. The highest BCUT2D eigenvalue weighted by Crippen LogP contribution is 2.28. The minimum absolute atomic E-state index is 0.119. The maximum Gasteiger partial charge on any atom is 0.321 e. The zero-order valence-electron chi connectivity index (χ0n) is 15.8. The molecule has 0 aliphatic carbocycles. The van der Waals surface area contributed by atoms with Crippen LogP contribution in [0.1, 0.15) is 0 Å². The third-order valence-electron chi connectivity index (χ3n) is 5.07. The molecule has 3 aromatic rings. The van der Waals surface area contributed by atoms with Crippen molar-refractivity contribution >= 4 is 17.4 Å². The topological polar surface area (TPSA) is 35.6 Å². The number of rotatable bonds is 3. The molecule has 1 heterocycles. The fourth-order valence-electron chi connectivity index (χ4n) is 3.49. The molecule has 0 bridgehead atoms. The Morgan fingerprint density at radius 1 is 0.828 bits per heavy atom. The number of benzene rings is 3. The molecule has 1 saturated heterocycles. The van der Waals surface area contributed by atoms with E-state index in [1.807, 2.05) is 48.5 Å². The first-order chi connectivity index (χ1) is 14.1. The van der Waals surface area contributed by atoms with E-state index in [-0.39, 0.29) is 11.6 Å². The largest absolute Gasteiger partial charge is 0.368 e. The SMILES string of the molecule is O=C(Nc1ccccc1)N1CCN(c2cccc(-c3cccc(F)c3F)c2)CC1. The summed E-state index contributed by atoms with van der Waals surface area (Å²) in [6.45, 7) is 2.49. The first-order valence-electron chi connectivity index (χ1n) is 9.52. The van der Waals surface area contributed by atoms with Gasteiger partial charge >= 0.3 is 6.03 Å². The molecule has 0 radical (unpaired) electrons. The lowest BCUT2D eigenvalue weighted by atomic mass is 10.0. The van der Waals surface area contributed by atoms with Gasteiger partial charge in [-0.15, -0.1) is 0 Å². The van der Waals surface area contributed by atoms with Crippen molar-refractivity contribution in [3.05, 3.63) is 84.4 Å². The van der Waals surface area contributed by atoms with Gasteiger partial charge < -0.3 is 15.1 Å². The number of piperazine rings is 1. The Bertz CT molecular complexity index is 1000. The molecule has 1 aliphatic heterocycles. The second-order valence-electron chi connectivity index (χ2n) is 6.92. The van der Waals surface area contributed by atoms with Gasteiger partial charge in [0.15, 0.2) is 11.6 Å². The summed E-state index contributed by atoms with van der Waals surface area (Å²) in [6.07, 6.45) is 0. The molecular weight excluding hydrogens is 372 g/mol. The monoisotopic (exact) mass is 393 g/mol. The highest BCUT2D eigenvalue weighted by Gasteiger charge is 2.22. The number of anilines is 2. The second kappa shape index (κ2) is 8.31. The summed E-state index contributed by atoms with van der Waals surface area (Å²) in [6, 6.07) is 20.8. The number of carbonyl (C=O) groups excluding carboxylic acids is 1. The third kappa shape index (κ3) is 4.21. The van der Waals surface area contributed by atoms with Crippen LogP contribution in [0.15, 0.2) is 72.8 Å². The lowest BCUT2D eigenvalue weighted by molar-refractivity contribution is 0.208. The molecule has 4 nitrogen and oxygen atoms in total. The quantitative estimate of drug-likeness (QED) is 0.681. The average molecular weight is 393 g/mol. The Morgan fingerprint density at radius 3 is 2.31 bits per heavy atom. The summed E-state index contributed by atoms with van der Waals surface area (Å²) in [7, 11) is 0. The summed E-state index contributed by atoms with van der Waals surface area (Å²) < 4.78 is 27.7. The molecule has 3 aromatic carbocycles. The van der Waals surface area contributed by atoms with E-state index in [0.717, 1.165) is 17.4 Å². The number of para-hydroxylation sites is 1. The minimum Gasteiger partial charge on any atom is -0.368 e. The van der Waals surface area contributed by atoms with E-state index in [1.165, 1.54) is 6.07 Å². The van der Waals surface area contributed by atoms with E-state index >= 15 is 0 Å². The lowest BCUT2D eigenvalue weighted by Crippen LogP contribution is -2.50. The molecule has 1 aliphatic rings. The van der Waals surface area contributed by atoms with Gasteiger partial charge in [0.05, 0.1) is 0 Å². The fourth-order valence-corrected chi connectivity index (χ4v) is 3.49. The van der Waals surface area contributed by atoms with Crippen LogP contribution >= 0.6 is 0 Å². The molecule has 0 spiro atoms. The average Bonchev–Trinajstić information content (AvgIpc) is 2.76. The van der Waals surface area contributed by atoms with Crippen LogP contribution in [-0.4, -0.2) is 37.1 Å². The van der Waals surface area contributed by atoms with Crippen molar-refractivity contribution in [1.82, 2.24) is 4.90 Å². The molecular formula is C23H21F2N3O. The van der Waals surface area contributed by atoms with Crippen LogP contribution in [0.5, 0.6) is 0 Å². The normalized spacial score (nSPS) is 14.0. The van der Waals surface area contributed by atoms with Crippen molar-refractivity contribution in [1.29, 1.82) is 0 Å². The molecule has 1 fully saturated rings. The number of halogens is 2. The van der Waals surface area contributed by atoms with Crippen molar-refractivity contribution in [3.63, 3.8) is 0 Å². The van der Waals surface area contributed by atoms with Gasteiger partial charge in [0.25, 0.3) is 0 Å². The van der Waals surface area contributed by atoms with E-state index < -0.39 is 11.6 Å². The van der Waals surface area contributed by atoms with Crippen LogP contribution in [0, 0.1) is 11.6 Å². The van der Waals surface area contributed by atoms with E-state index in [9.17, 15) is 13.6 Å². The van der Waals surface area contributed by atoms with Crippen molar-refractivity contribution in [2.75, 3.05) is 36.4 Å². The fraction of sp³-hybridized carbons (Fsp3) is 0.174. The molecule has 0 saturated carbocycles. The summed E-state index contributed by atoms with van der Waals surface area (Å²) in [5.41, 5.74) is 2.57. The number of urea groups is 1. The van der Waals surface area contributed by atoms with E-state index in [2.05, 4.69) is 10.2 Å².